The van der Waals surface area contributed by atoms with Gasteiger partial charge in [0.2, 0.25) is 21.8 Å². The van der Waals surface area contributed by atoms with E-state index >= 15 is 0 Å². The summed E-state index contributed by atoms with van der Waals surface area (Å²) >= 11 is 0. The zero-order valence-electron chi connectivity index (χ0n) is 17.5. The predicted octanol–water partition coefficient (Wildman–Crippen LogP) is 1.21. The van der Waals surface area contributed by atoms with E-state index in [4.69, 9.17) is 0 Å². The van der Waals surface area contributed by atoms with Crippen LogP contribution in [0.1, 0.15) is 13.3 Å². The zero-order valence-corrected chi connectivity index (χ0v) is 18.3. The Morgan fingerprint density at radius 1 is 0.935 bits per heavy atom. The van der Waals surface area contributed by atoms with E-state index in [0.29, 0.717) is 13.1 Å². The highest BCUT2D eigenvalue weighted by Gasteiger charge is 2.23. The van der Waals surface area contributed by atoms with Gasteiger partial charge in [-0.15, -0.1) is 0 Å². The smallest absolute Gasteiger partial charge is 0.241 e. The van der Waals surface area contributed by atoms with Crippen molar-refractivity contribution in [3.05, 3.63) is 60.7 Å². The van der Waals surface area contributed by atoms with Gasteiger partial charge in [-0.3, -0.25) is 9.59 Å². The van der Waals surface area contributed by atoms with E-state index < -0.39 is 22.0 Å². The number of rotatable bonds is 8. The second-order valence-corrected chi connectivity index (χ2v) is 9.11. The number of carbonyl (C=O) groups is 2. The molecule has 9 heteroatoms. The molecule has 0 aliphatic carbocycles. The van der Waals surface area contributed by atoms with Gasteiger partial charge in [0.25, 0.3) is 0 Å². The summed E-state index contributed by atoms with van der Waals surface area (Å²) in [5, 5.41) is 2.64. The summed E-state index contributed by atoms with van der Waals surface area (Å²) in [7, 11) is -3.78. The molecule has 31 heavy (non-hydrogen) atoms. The van der Waals surface area contributed by atoms with E-state index in [0.717, 1.165) is 18.8 Å². The van der Waals surface area contributed by atoms with Crippen LogP contribution in [0.4, 0.5) is 5.69 Å². The van der Waals surface area contributed by atoms with Crippen molar-refractivity contribution >= 4 is 27.5 Å². The predicted molar refractivity (Wildman–Crippen MR) is 119 cm³/mol. The second-order valence-electron chi connectivity index (χ2n) is 7.40. The van der Waals surface area contributed by atoms with Crippen molar-refractivity contribution in [2.24, 2.45) is 0 Å². The zero-order chi connectivity index (χ0) is 22.3. The Morgan fingerprint density at radius 2 is 1.52 bits per heavy atom. The average molecular weight is 445 g/mol. The molecule has 8 nitrogen and oxygen atoms in total. The molecule has 2 aromatic carbocycles. The van der Waals surface area contributed by atoms with Crippen LogP contribution in [-0.4, -0.2) is 63.9 Å². The first-order valence-electron chi connectivity index (χ1n) is 10.3. The van der Waals surface area contributed by atoms with Gasteiger partial charge < -0.3 is 15.1 Å². The van der Waals surface area contributed by atoms with Crippen LogP contribution in [-0.2, 0) is 19.6 Å². The van der Waals surface area contributed by atoms with Gasteiger partial charge in [-0.05, 0) is 31.2 Å². The van der Waals surface area contributed by atoms with Crippen LogP contribution in [0.5, 0.6) is 0 Å². The van der Waals surface area contributed by atoms with E-state index in [-0.39, 0.29) is 23.8 Å². The van der Waals surface area contributed by atoms with Crippen LogP contribution in [0.2, 0.25) is 0 Å². The Balaban J connectivity index is 1.39. The largest absolute Gasteiger partial charge is 0.368 e. The molecule has 166 valence electrons. The summed E-state index contributed by atoms with van der Waals surface area (Å²) in [5.41, 5.74) is 1.15. The van der Waals surface area contributed by atoms with E-state index in [1.165, 1.54) is 19.1 Å². The highest BCUT2D eigenvalue weighted by molar-refractivity contribution is 7.89. The van der Waals surface area contributed by atoms with Crippen molar-refractivity contribution in [1.82, 2.24) is 14.9 Å². The quantitative estimate of drug-likeness (QED) is 0.638. The van der Waals surface area contributed by atoms with Gasteiger partial charge in [-0.25, -0.2) is 8.42 Å². The van der Waals surface area contributed by atoms with Crippen LogP contribution in [0.3, 0.4) is 0 Å². The fraction of sp³-hybridized carbons (Fsp3) is 0.364. The standard InChI is InChI=1S/C22H28N4O4S/c1-18(24-31(29,30)20-10-6-3-7-11-20)22(28)23-13-12-21(27)26-16-14-25(15-17-26)19-8-4-2-5-9-19/h2-11,18,24H,12-17H2,1H3,(H,23,28)/t18-/m0/s1. The van der Waals surface area contributed by atoms with Gasteiger partial charge in [-0.1, -0.05) is 36.4 Å². The van der Waals surface area contributed by atoms with Crippen molar-refractivity contribution < 1.29 is 18.0 Å². The molecule has 1 fully saturated rings. The number of piperazine rings is 1. The number of sulfonamides is 1. The number of nitrogens with one attached hydrogen (secondary N) is 2. The molecule has 0 spiro atoms. The van der Waals surface area contributed by atoms with Crippen molar-refractivity contribution in [3.63, 3.8) is 0 Å². The van der Waals surface area contributed by atoms with Crippen molar-refractivity contribution in [2.75, 3.05) is 37.6 Å². The summed E-state index contributed by atoms with van der Waals surface area (Å²) in [6.45, 7) is 4.43. The maximum absolute atomic E-state index is 12.5. The molecule has 1 aliphatic heterocycles. The molecular formula is C22H28N4O4S. The van der Waals surface area contributed by atoms with Crippen molar-refractivity contribution in [3.8, 4) is 0 Å². The van der Waals surface area contributed by atoms with Crippen LogP contribution in [0.15, 0.2) is 65.6 Å². The molecule has 1 saturated heterocycles. The number of benzene rings is 2. The van der Waals surface area contributed by atoms with Gasteiger partial charge in [0.05, 0.1) is 10.9 Å². The first kappa shape index (κ1) is 22.8. The van der Waals surface area contributed by atoms with Gasteiger partial charge >= 0.3 is 0 Å². The first-order chi connectivity index (χ1) is 14.9. The van der Waals surface area contributed by atoms with E-state index in [1.54, 1.807) is 23.1 Å². The number of hydrogen-bond donors (Lipinski definition) is 2. The molecular weight excluding hydrogens is 416 g/mol. The maximum atomic E-state index is 12.5. The van der Waals surface area contributed by atoms with Crippen molar-refractivity contribution in [1.29, 1.82) is 0 Å². The Labute approximate surface area is 183 Å². The molecule has 2 N–H and O–H groups in total. The molecule has 1 heterocycles. The maximum Gasteiger partial charge on any atom is 0.241 e. The van der Waals surface area contributed by atoms with Crippen LogP contribution in [0.25, 0.3) is 0 Å². The third-order valence-electron chi connectivity index (χ3n) is 5.17. The minimum atomic E-state index is -3.78. The number of carbonyl (C=O) groups excluding carboxylic acids is 2. The van der Waals surface area contributed by atoms with E-state index in [2.05, 4.69) is 27.1 Å². The normalized spacial score (nSPS) is 15.4. The summed E-state index contributed by atoms with van der Waals surface area (Å²) in [6.07, 6.45) is 0.176. The molecule has 0 aromatic heterocycles. The summed E-state index contributed by atoms with van der Waals surface area (Å²) < 4.78 is 27.0. The monoisotopic (exact) mass is 444 g/mol. The van der Waals surface area contributed by atoms with Gasteiger partial charge in [-0.2, -0.15) is 4.72 Å². The summed E-state index contributed by atoms with van der Waals surface area (Å²) in [4.78, 5) is 28.8. The third-order valence-corrected chi connectivity index (χ3v) is 6.73. The lowest BCUT2D eigenvalue weighted by Gasteiger charge is -2.36. The minimum Gasteiger partial charge on any atom is -0.368 e. The Bertz CT molecular complexity index is 975. The number of nitrogens with zero attached hydrogens (tertiary/aromatic N) is 2. The highest BCUT2D eigenvalue weighted by atomic mass is 32.2. The van der Waals surface area contributed by atoms with Gasteiger partial charge in [0, 0.05) is 44.8 Å². The third kappa shape index (κ3) is 6.28. The van der Waals surface area contributed by atoms with E-state index in [9.17, 15) is 18.0 Å². The molecule has 0 bridgehead atoms. The number of anilines is 1. The molecule has 1 aliphatic rings. The van der Waals surface area contributed by atoms with Crippen LogP contribution in [0, 0.1) is 0 Å². The van der Waals surface area contributed by atoms with E-state index in [1.807, 2.05) is 18.2 Å². The number of hydrogen-bond acceptors (Lipinski definition) is 5. The Hall–Kier alpha value is -2.91. The lowest BCUT2D eigenvalue weighted by atomic mass is 10.2. The van der Waals surface area contributed by atoms with Gasteiger partial charge in [0.15, 0.2) is 0 Å². The summed E-state index contributed by atoms with van der Waals surface area (Å²) in [5.74, 6) is -0.494. The van der Waals surface area contributed by atoms with Gasteiger partial charge in [0.1, 0.15) is 0 Å². The van der Waals surface area contributed by atoms with Crippen LogP contribution < -0.4 is 14.9 Å². The van der Waals surface area contributed by atoms with Crippen LogP contribution >= 0.6 is 0 Å². The molecule has 2 aromatic rings. The molecule has 0 unspecified atom stereocenters. The topological polar surface area (TPSA) is 98.8 Å². The fourth-order valence-corrected chi connectivity index (χ4v) is 4.63. The minimum absolute atomic E-state index is 0.0227. The molecule has 0 saturated carbocycles. The number of para-hydroxylation sites is 1. The second kappa shape index (κ2) is 10.4. The molecule has 3 rings (SSSR count). The molecule has 2 amide bonds. The highest BCUT2D eigenvalue weighted by Crippen LogP contribution is 2.15. The Kier molecular flexibility index (Phi) is 7.64. The lowest BCUT2D eigenvalue weighted by molar-refractivity contribution is -0.131. The SMILES string of the molecule is C[C@H](NS(=O)(=O)c1ccccc1)C(=O)NCCC(=O)N1CCN(c2ccccc2)CC1. The fourth-order valence-electron chi connectivity index (χ4n) is 3.41. The first-order valence-corrected chi connectivity index (χ1v) is 11.8. The molecule has 0 radical (unpaired) electrons. The number of amides is 2. The average Bonchev–Trinajstić information content (AvgIpc) is 2.80. The summed E-state index contributed by atoms with van der Waals surface area (Å²) in [6, 6.07) is 17.0. The van der Waals surface area contributed by atoms with Crippen molar-refractivity contribution in [2.45, 2.75) is 24.3 Å². The Morgan fingerprint density at radius 3 is 2.13 bits per heavy atom. The lowest BCUT2D eigenvalue weighted by Crippen LogP contribution is -2.50. The molecule has 1 atom stereocenters.